The zero-order valence-corrected chi connectivity index (χ0v) is 19.0. The predicted molar refractivity (Wildman–Crippen MR) is 120 cm³/mol. The number of thiophene rings is 1. The van der Waals surface area contributed by atoms with Gasteiger partial charge in [-0.25, -0.2) is 8.42 Å². The van der Waals surface area contributed by atoms with Crippen LogP contribution in [0.25, 0.3) is 0 Å². The molecule has 7 nitrogen and oxygen atoms in total. The fourth-order valence-electron chi connectivity index (χ4n) is 4.04. The van der Waals surface area contributed by atoms with Crippen molar-refractivity contribution < 1.29 is 18.0 Å². The fraction of sp³-hybridized carbons (Fsp3) is 0.455. The van der Waals surface area contributed by atoms with Crippen LogP contribution in [-0.2, 0) is 21.2 Å². The van der Waals surface area contributed by atoms with Gasteiger partial charge in [0.15, 0.2) is 0 Å². The molecule has 0 radical (unpaired) electrons. The molecule has 4 rings (SSSR count). The first kappa shape index (κ1) is 22.0. The molecule has 1 aromatic heterocycles. The van der Waals surface area contributed by atoms with E-state index < -0.39 is 10.0 Å². The van der Waals surface area contributed by atoms with Crippen LogP contribution in [0.2, 0.25) is 0 Å². The average Bonchev–Trinajstić information content (AvgIpc) is 3.48. The van der Waals surface area contributed by atoms with Crippen molar-refractivity contribution in [1.82, 2.24) is 14.5 Å². The third kappa shape index (κ3) is 5.16. The van der Waals surface area contributed by atoms with E-state index in [1.807, 2.05) is 18.2 Å². The van der Waals surface area contributed by atoms with Crippen molar-refractivity contribution in [2.24, 2.45) is 0 Å². The van der Waals surface area contributed by atoms with Gasteiger partial charge in [0, 0.05) is 42.7 Å². The lowest BCUT2D eigenvalue weighted by atomic mass is 10.0. The molecular weight excluding hydrogens is 434 g/mol. The summed E-state index contributed by atoms with van der Waals surface area (Å²) in [5.74, 6) is -0.0875. The van der Waals surface area contributed by atoms with Crippen LogP contribution in [0, 0.1) is 0 Å². The molecular formula is C22H27N3O4S2. The standard InChI is InChI=1S/C22H27N3O4S2/c26-20(16-19-8-9-21(30-19)31(28,29)25-12-4-5-13-25)24-14-10-18(11-15-24)23-22(27)17-6-2-1-3-7-17/h1-3,6-9,18H,4-5,10-16H2,(H,23,27). The molecule has 1 aromatic carbocycles. The summed E-state index contributed by atoms with van der Waals surface area (Å²) < 4.78 is 27.2. The van der Waals surface area contributed by atoms with Gasteiger partial charge in [0.25, 0.3) is 15.9 Å². The maximum atomic E-state index is 12.7. The number of likely N-dealkylation sites (tertiary alicyclic amines) is 1. The van der Waals surface area contributed by atoms with Gasteiger partial charge in [0.1, 0.15) is 4.21 Å². The van der Waals surface area contributed by atoms with E-state index in [1.54, 1.807) is 29.2 Å². The highest BCUT2D eigenvalue weighted by atomic mass is 32.2. The van der Waals surface area contributed by atoms with Crippen LogP contribution < -0.4 is 5.32 Å². The highest BCUT2D eigenvalue weighted by molar-refractivity contribution is 7.91. The molecule has 31 heavy (non-hydrogen) atoms. The minimum Gasteiger partial charge on any atom is -0.349 e. The van der Waals surface area contributed by atoms with Crippen LogP contribution in [0.1, 0.15) is 40.9 Å². The van der Waals surface area contributed by atoms with Gasteiger partial charge in [-0.05, 0) is 49.9 Å². The summed E-state index contributed by atoms with van der Waals surface area (Å²) in [4.78, 5) is 27.6. The molecule has 2 fully saturated rings. The molecule has 9 heteroatoms. The quantitative estimate of drug-likeness (QED) is 0.716. The zero-order valence-electron chi connectivity index (χ0n) is 17.3. The molecule has 0 aliphatic carbocycles. The average molecular weight is 462 g/mol. The Labute approximate surface area is 187 Å². The van der Waals surface area contributed by atoms with Gasteiger partial charge in [-0.15, -0.1) is 11.3 Å². The number of carbonyl (C=O) groups excluding carboxylic acids is 2. The summed E-state index contributed by atoms with van der Waals surface area (Å²) in [6.07, 6.45) is 3.43. The smallest absolute Gasteiger partial charge is 0.252 e. The highest BCUT2D eigenvalue weighted by Crippen LogP contribution is 2.28. The number of rotatable bonds is 6. The molecule has 3 heterocycles. The third-order valence-corrected chi connectivity index (χ3v) is 9.29. The van der Waals surface area contributed by atoms with Gasteiger partial charge in [-0.1, -0.05) is 18.2 Å². The maximum absolute atomic E-state index is 12.7. The molecule has 1 N–H and O–H groups in total. The van der Waals surface area contributed by atoms with Crippen molar-refractivity contribution in [2.75, 3.05) is 26.2 Å². The molecule has 2 aromatic rings. The van der Waals surface area contributed by atoms with Gasteiger partial charge < -0.3 is 10.2 Å². The first-order chi connectivity index (χ1) is 14.9. The van der Waals surface area contributed by atoms with Crippen LogP contribution in [0.15, 0.2) is 46.7 Å². The number of benzene rings is 1. The Morgan fingerprint density at radius 1 is 0.968 bits per heavy atom. The van der Waals surface area contributed by atoms with Crippen LogP contribution in [0.5, 0.6) is 0 Å². The maximum Gasteiger partial charge on any atom is 0.252 e. The summed E-state index contributed by atoms with van der Waals surface area (Å²) in [7, 11) is -3.43. The zero-order chi connectivity index (χ0) is 21.8. The van der Waals surface area contributed by atoms with E-state index in [-0.39, 0.29) is 24.3 Å². The van der Waals surface area contributed by atoms with Crippen LogP contribution in [0.4, 0.5) is 0 Å². The molecule has 2 amide bonds. The summed E-state index contributed by atoms with van der Waals surface area (Å²) in [5, 5.41) is 3.04. The third-order valence-electron chi connectivity index (χ3n) is 5.84. The minimum atomic E-state index is -3.43. The van der Waals surface area contributed by atoms with Gasteiger partial charge >= 0.3 is 0 Å². The second-order valence-electron chi connectivity index (χ2n) is 8.00. The lowest BCUT2D eigenvalue weighted by Gasteiger charge is -2.32. The van der Waals surface area contributed by atoms with E-state index in [1.165, 1.54) is 15.6 Å². The number of nitrogens with one attached hydrogen (secondary N) is 1. The van der Waals surface area contributed by atoms with Gasteiger partial charge in [-0.2, -0.15) is 4.31 Å². The van der Waals surface area contributed by atoms with E-state index in [2.05, 4.69) is 5.32 Å². The number of piperidine rings is 1. The molecule has 2 aliphatic heterocycles. The first-order valence-electron chi connectivity index (χ1n) is 10.7. The lowest BCUT2D eigenvalue weighted by Crippen LogP contribution is -2.46. The van der Waals surface area contributed by atoms with Crippen molar-refractivity contribution in [3.05, 3.63) is 52.9 Å². The number of carbonyl (C=O) groups is 2. The van der Waals surface area contributed by atoms with Crippen molar-refractivity contribution in [3.63, 3.8) is 0 Å². The Morgan fingerprint density at radius 2 is 1.65 bits per heavy atom. The highest BCUT2D eigenvalue weighted by Gasteiger charge is 2.29. The molecule has 0 bridgehead atoms. The summed E-state index contributed by atoms with van der Waals surface area (Å²) in [6, 6.07) is 12.5. The Balaban J connectivity index is 1.28. The molecule has 0 saturated carbocycles. The molecule has 2 aliphatic rings. The number of hydrogen-bond donors (Lipinski definition) is 1. The topological polar surface area (TPSA) is 86.8 Å². The van der Waals surface area contributed by atoms with E-state index in [0.717, 1.165) is 17.7 Å². The van der Waals surface area contributed by atoms with Crippen molar-refractivity contribution >= 4 is 33.2 Å². The monoisotopic (exact) mass is 461 g/mol. The second kappa shape index (κ2) is 9.50. The Bertz CT molecular complexity index is 1020. The molecule has 0 spiro atoms. The fourth-order valence-corrected chi connectivity index (χ4v) is 7.06. The van der Waals surface area contributed by atoms with E-state index in [0.29, 0.717) is 48.8 Å². The molecule has 2 saturated heterocycles. The minimum absolute atomic E-state index is 0.000179. The van der Waals surface area contributed by atoms with Crippen molar-refractivity contribution in [3.8, 4) is 0 Å². The Morgan fingerprint density at radius 3 is 2.32 bits per heavy atom. The van der Waals surface area contributed by atoms with E-state index in [9.17, 15) is 18.0 Å². The SMILES string of the molecule is O=C(NC1CCN(C(=O)Cc2ccc(S(=O)(=O)N3CCCC3)s2)CC1)c1ccccc1. The van der Waals surface area contributed by atoms with Crippen LogP contribution in [0.3, 0.4) is 0 Å². The van der Waals surface area contributed by atoms with Gasteiger partial charge in [-0.3, -0.25) is 9.59 Å². The van der Waals surface area contributed by atoms with Gasteiger partial charge in [0.2, 0.25) is 5.91 Å². The van der Waals surface area contributed by atoms with Crippen LogP contribution in [-0.4, -0.2) is 61.7 Å². The van der Waals surface area contributed by atoms with E-state index in [4.69, 9.17) is 0 Å². The van der Waals surface area contributed by atoms with Crippen molar-refractivity contribution in [2.45, 2.75) is 42.4 Å². The number of amides is 2. The first-order valence-corrected chi connectivity index (χ1v) is 12.9. The lowest BCUT2D eigenvalue weighted by molar-refractivity contribution is -0.131. The summed E-state index contributed by atoms with van der Waals surface area (Å²) >= 11 is 1.19. The largest absolute Gasteiger partial charge is 0.349 e. The van der Waals surface area contributed by atoms with Crippen molar-refractivity contribution in [1.29, 1.82) is 0 Å². The van der Waals surface area contributed by atoms with Gasteiger partial charge in [0.05, 0.1) is 6.42 Å². The Hall–Kier alpha value is -2.23. The molecule has 0 unspecified atom stereocenters. The second-order valence-corrected chi connectivity index (χ2v) is 11.3. The number of hydrogen-bond acceptors (Lipinski definition) is 5. The van der Waals surface area contributed by atoms with E-state index >= 15 is 0 Å². The normalized spacial score (nSPS) is 18.3. The summed E-state index contributed by atoms with van der Waals surface area (Å²) in [5.41, 5.74) is 0.637. The Kier molecular flexibility index (Phi) is 6.74. The number of sulfonamides is 1. The predicted octanol–water partition coefficient (Wildman–Crippen LogP) is 2.50. The molecule has 166 valence electrons. The molecule has 0 atom stereocenters. The summed E-state index contributed by atoms with van der Waals surface area (Å²) in [6.45, 7) is 2.32. The van der Waals surface area contributed by atoms with Crippen LogP contribution >= 0.6 is 11.3 Å². The number of nitrogens with zero attached hydrogens (tertiary/aromatic N) is 2.